The number of guanidine groups is 1. The number of sulfonamides is 1. The van der Waals surface area contributed by atoms with Crippen LogP contribution in [0.1, 0.15) is 41.5 Å². The maximum Gasteiger partial charge on any atom is 0.408 e. The van der Waals surface area contributed by atoms with E-state index in [9.17, 15) is 13.2 Å². The molecule has 0 radical (unpaired) electrons. The van der Waals surface area contributed by atoms with Gasteiger partial charge >= 0.3 is 6.09 Å². The number of alkyl carbamates (subject to hydrolysis) is 1. The van der Waals surface area contributed by atoms with Gasteiger partial charge in [0.15, 0.2) is 5.96 Å². The Hall–Kier alpha value is -1.55. The van der Waals surface area contributed by atoms with Crippen LogP contribution in [-0.4, -0.2) is 64.0 Å². The van der Waals surface area contributed by atoms with Gasteiger partial charge in [0.1, 0.15) is 5.60 Å². The van der Waals surface area contributed by atoms with E-state index in [0.29, 0.717) is 19.0 Å². The van der Waals surface area contributed by atoms with E-state index in [-0.39, 0.29) is 12.3 Å². The van der Waals surface area contributed by atoms with Gasteiger partial charge in [0, 0.05) is 26.7 Å². The average molecular weight is 380 g/mol. The number of amides is 1. The minimum atomic E-state index is -3.20. The topological polar surface area (TPSA) is 121 Å². The summed E-state index contributed by atoms with van der Waals surface area (Å²) in [7, 11) is -1.59. The minimum absolute atomic E-state index is 0.0461. The summed E-state index contributed by atoms with van der Waals surface area (Å²) in [5, 5.41) is 8.87. The summed E-state index contributed by atoms with van der Waals surface area (Å²) in [6, 6.07) is 0. The lowest BCUT2D eigenvalue weighted by molar-refractivity contribution is 0.0474. The molecule has 0 unspecified atom stereocenters. The first-order valence-electron chi connectivity index (χ1n) is 8.23. The summed E-state index contributed by atoms with van der Waals surface area (Å²) < 4.78 is 30.4. The van der Waals surface area contributed by atoms with Crippen molar-refractivity contribution >= 4 is 22.1 Å². The summed E-state index contributed by atoms with van der Waals surface area (Å²) in [6.45, 7) is 11.8. The van der Waals surface area contributed by atoms with E-state index in [4.69, 9.17) is 4.74 Å². The molecule has 0 aliphatic carbocycles. The van der Waals surface area contributed by atoms with Gasteiger partial charge in [0.25, 0.3) is 0 Å². The van der Waals surface area contributed by atoms with E-state index in [0.717, 1.165) is 0 Å². The molecule has 0 bridgehead atoms. The van der Waals surface area contributed by atoms with Gasteiger partial charge in [-0.15, -0.1) is 0 Å². The SMILES string of the molecule is CCS(=O)(=O)NCCNC(=NC)NCC(C)(C)NC(=O)OC(C)(C)C. The smallest absolute Gasteiger partial charge is 0.408 e. The summed E-state index contributed by atoms with van der Waals surface area (Å²) >= 11 is 0. The first-order valence-corrected chi connectivity index (χ1v) is 9.88. The molecule has 0 aromatic carbocycles. The summed E-state index contributed by atoms with van der Waals surface area (Å²) in [5.41, 5.74) is -1.12. The third kappa shape index (κ3) is 12.5. The number of nitrogens with zero attached hydrogens (tertiary/aromatic N) is 1. The van der Waals surface area contributed by atoms with Crippen LogP contribution >= 0.6 is 0 Å². The number of aliphatic imine (C=N–C) groups is 1. The van der Waals surface area contributed by atoms with Gasteiger partial charge in [-0.2, -0.15) is 0 Å². The Balaban J connectivity index is 4.30. The highest BCUT2D eigenvalue weighted by Crippen LogP contribution is 2.09. The van der Waals surface area contributed by atoms with Gasteiger partial charge < -0.3 is 20.7 Å². The van der Waals surface area contributed by atoms with Crippen LogP contribution in [-0.2, 0) is 14.8 Å². The molecular formula is C15H33N5O4S. The third-order valence-electron chi connectivity index (χ3n) is 2.88. The van der Waals surface area contributed by atoms with Crippen molar-refractivity contribution in [1.29, 1.82) is 0 Å². The second-order valence-corrected chi connectivity index (χ2v) is 9.26. The molecule has 0 heterocycles. The van der Waals surface area contributed by atoms with Crippen LogP contribution in [0.5, 0.6) is 0 Å². The number of carbonyl (C=O) groups is 1. The predicted molar refractivity (Wildman–Crippen MR) is 100 cm³/mol. The molecule has 0 atom stereocenters. The molecular weight excluding hydrogens is 346 g/mol. The van der Waals surface area contributed by atoms with Crippen molar-refractivity contribution in [3.63, 3.8) is 0 Å². The largest absolute Gasteiger partial charge is 0.444 e. The van der Waals surface area contributed by atoms with Crippen LogP contribution in [0.3, 0.4) is 0 Å². The zero-order valence-corrected chi connectivity index (χ0v) is 17.1. The fraction of sp³-hybridized carbons (Fsp3) is 0.867. The van der Waals surface area contributed by atoms with E-state index in [1.54, 1.807) is 34.7 Å². The molecule has 4 N–H and O–H groups in total. The van der Waals surface area contributed by atoms with Gasteiger partial charge in [-0.05, 0) is 41.5 Å². The van der Waals surface area contributed by atoms with Crippen molar-refractivity contribution in [2.75, 3.05) is 32.4 Å². The Bertz CT molecular complexity index is 553. The monoisotopic (exact) mass is 379 g/mol. The third-order valence-corrected chi connectivity index (χ3v) is 4.28. The van der Waals surface area contributed by atoms with Crippen LogP contribution < -0.4 is 20.7 Å². The fourth-order valence-corrected chi connectivity index (χ4v) is 2.26. The molecule has 0 rings (SSSR count). The molecule has 9 nitrogen and oxygen atoms in total. The first-order chi connectivity index (χ1) is 11.3. The summed E-state index contributed by atoms with van der Waals surface area (Å²) in [5.74, 6) is 0.555. The number of carbonyl (C=O) groups excluding carboxylic acids is 1. The van der Waals surface area contributed by atoms with Crippen molar-refractivity contribution in [1.82, 2.24) is 20.7 Å². The Morgan fingerprint density at radius 2 is 1.68 bits per heavy atom. The number of rotatable bonds is 8. The normalized spacial score (nSPS) is 13.3. The molecule has 0 spiro atoms. The molecule has 148 valence electrons. The van der Waals surface area contributed by atoms with Gasteiger partial charge in [-0.1, -0.05) is 0 Å². The second-order valence-electron chi connectivity index (χ2n) is 7.16. The maximum absolute atomic E-state index is 11.8. The Kier molecular flexibility index (Phi) is 9.20. The van der Waals surface area contributed by atoms with Crippen LogP contribution in [0, 0.1) is 0 Å². The Labute approximate surface area is 151 Å². The van der Waals surface area contributed by atoms with E-state index in [1.165, 1.54) is 0 Å². The fourth-order valence-electron chi connectivity index (χ4n) is 1.64. The van der Waals surface area contributed by atoms with Gasteiger partial charge in [0.2, 0.25) is 10.0 Å². The zero-order valence-electron chi connectivity index (χ0n) is 16.3. The van der Waals surface area contributed by atoms with E-state index >= 15 is 0 Å². The molecule has 0 saturated carbocycles. The average Bonchev–Trinajstić information content (AvgIpc) is 2.43. The van der Waals surface area contributed by atoms with Crippen molar-refractivity contribution in [3.8, 4) is 0 Å². The highest BCUT2D eigenvalue weighted by molar-refractivity contribution is 7.89. The molecule has 0 saturated heterocycles. The summed E-state index contributed by atoms with van der Waals surface area (Å²) in [4.78, 5) is 15.9. The van der Waals surface area contributed by atoms with E-state index in [1.807, 2.05) is 13.8 Å². The van der Waals surface area contributed by atoms with Crippen LogP contribution in [0.15, 0.2) is 4.99 Å². The van der Waals surface area contributed by atoms with E-state index in [2.05, 4.69) is 25.7 Å². The maximum atomic E-state index is 11.8. The van der Waals surface area contributed by atoms with Crippen molar-refractivity contribution in [2.24, 2.45) is 4.99 Å². The van der Waals surface area contributed by atoms with Crippen molar-refractivity contribution < 1.29 is 17.9 Å². The van der Waals surface area contributed by atoms with Crippen LogP contribution in [0.25, 0.3) is 0 Å². The number of hydrogen-bond donors (Lipinski definition) is 4. The lowest BCUT2D eigenvalue weighted by Gasteiger charge is -2.29. The number of ether oxygens (including phenoxy) is 1. The van der Waals surface area contributed by atoms with Crippen molar-refractivity contribution in [3.05, 3.63) is 0 Å². The van der Waals surface area contributed by atoms with Crippen LogP contribution in [0.4, 0.5) is 4.79 Å². The Morgan fingerprint density at radius 1 is 1.08 bits per heavy atom. The molecule has 0 aliphatic rings. The summed E-state index contributed by atoms with van der Waals surface area (Å²) in [6.07, 6.45) is -0.490. The molecule has 10 heteroatoms. The highest BCUT2D eigenvalue weighted by Gasteiger charge is 2.24. The van der Waals surface area contributed by atoms with E-state index < -0.39 is 27.3 Å². The molecule has 25 heavy (non-hydrogen) atoms. The zero-order chi connectivity index (χ0) is 19.7. The number of hydrogen-bond acceptors (Lipinski definition) is 5. The Morgan fingerprint density at radius 3 is 2.16 bits per heavy atom. The lowest BCUT2D eigenvalue weighted by atomic mass is 10.1. The van der Waals surface area contributed by atoms with Gasteiger partial charge in [-0.3, -0.25) is 4.99 Å². The molecule has 0 aromatic rings. The molecule has 1 amide bonds. The van der Waals surface area contributed by atoms with Crippen molar-refractivity contribution in [2.45, 2.75) is 52.7 Å². The molecule has 0 fully saturated rings. The second kappa shape index (κ2) is 9.81. The predicted octanol–water partition coefficient (Wildman–Crippen LogP) is 0.394. The van der Waals surface area contributed by atoms with Gasteiger partial charge in [-0.25, -0.2) is 17.9 Å². The first kappa shape index (κ1) is 23.4. The standard InChI is InChI=1S/C15H33N5O4S/c1-8-25(22,23)19-10-9-17-12(16-7)18-11-15(5,6)20-13(21)24-14(2,3)4/h19H,8-11H2,1-7H3,(H,20,21)(H2,16,17,18). The quantitative estimate of drug-likeness (QED) is 0.275. The molecule has 0 aliphatic heterocycles. The van der Waals surface area contributed by atoms with Crippen LogP contribution in [0.2, 0.25) is 0 Å². The van der Waals surface area contributed by atoms with Gasteiger partial charge in [0.05, 0.1) is 11.3 Å². The molecule has 0 aromatic heterocycles. The lowest BCUT2D eigenvalue weighted by Crippen LogP contribution is -2.54. The number of nitrogens with one attached hydrogen (secondary N) is 4. The highest BCUT2D eigenvalue weighted by atomic mass is 32.2. The minimum Gasteiger partial charge on any atom is -0.444 e.